The first-order valence-electron chi connectivity index (χ1n) is 4.97. The molecular formula is C12H8BrIN2O2. The van der Waals surface area contributed by atoms with E-state index < -0.39 is 5.97 Å². The number of hydrogen-bond donors (Lipinski definition) is 2. The van der Waals surface area contributed by atoms with E-state index >= 15 is 0 Å². The standard InChI is InChI=1S/C12H8BrIN2O2/c13-9-2-1-7(5-10(9)14)16-8-3-4-15-11(6-8)12(17)18/h1-6H,(H,15,16)(H,17,18). The molecule has 0 aliphatic heterocycles. The van der Waals surface area contributed by atoms with Crippen LogP contribution in [0, 0.1) is 3.57 Å². The Morgan fingerprint density at radius 1 is 1.28 bits per heavy atom. The van der Waals surface area contributed by atoms with Gasteiger partial charge in [-0.25, -0.2) is 9.78 Å². The molecule has 1 aromatic heterocycles. The lowest BCUT2D eigenvalue weighted by molar-refractivity contribution is 0.0690. The highest BCUT2D eigenvalue weighted by molar-refractivity contribution is 14.1. The van der Waals surface area contributed by atoms with Crippen LogP contribution in [0.2, 0.25) is 0 Å². The molecule has 0 bridgehead atoms. The maximum absolute atomic E-state index is 10.8. The molecule has 0 amide bonds. The molecule has 0 saturated heterocycles. The monoisotopic (exact) mass is 418 g/mol. The molecule has 6 heteroatoms. The van der Waals surface area contributed by atoms with E-state index in [2.05, 4.69) is 48.8 Å². The minimum absolute atomic E-state index is 0.0202. The van der Waals surface area contributed by atoms with Crippen LogP contribution >= 0.6 is 38.5 Å². The van der Waals surface area contributed by atoms with Crippen molar-refractivity contribution in [3.05, 3.63) is 50.3 Å². The summed E-state index contributed by atoms with van der Waals surface area (Å²) in [6, 6.07) is 9.03. The number of anilines is 2. The fraction of sp³-hybridized carbons (Fsp3) is 0. The number of pyridine rings is 1. The summed E-state index contributed by atoms with van der Waals surface area (Å²) in [4.78, 5) is 14.6. The van der Waals surface area contributed by atoms with Gasteiger partial charge >= 0.3 is 5.97 Å². The first-order chi connectivity index (χ1) is 8.56. The number of nitrogens with zero attached hydrogens (tertiary/aromatic N) is 1. The second-order valence-corrected chi connectivity index (χ2v) is 5.51. The largest absolute Gasteiger partial charge is 0.477 e. The minimum atomic E-state index is -1.04. The van der Waals surface area contributed by atoms with Crippen LogP contribution in [0.4, 0.5) is 11.4 Å². The number of nitrogens with one attached hydrogen (secondary N) is 1. The molecule has 1 heterocycles. The van der Waals surface area contributed by atoms with Gasteiger partial charge in [-0.15, -0.1) is 0 Å². The zero-order valence-electron chi connectivity index (χ0n) is 9.02. The molecule has 0 unspecified atom stereocenters. The van der Waals surface area contributed by atoms with Crippen molar-refractivity contribution in [1.29, 1.82) is 0 Å². The van der Waals surface area contributed by atoms with Crippen molar-refractivity contribution < 1.29 is 9.90 Å². The summed E-state index contributed by atoms with van der Waals surface area (Å²) in [7, 11) is 0. The predicted molar refractivity (Wildman–Crippen MR) is 81.3 cm³/mol. The Morgan fingerprint density at radius 3 is 2.67 bits per heavy atom. The van der Waals surface area contributed by atoms with Crippen LogP contribution in [-0.4, -0.2) is 16.1 Å². The van der Waals surface area contributed by atoms with Crippen LogP contribution in [0.3, 0.4) is 0 Å². The Kier molecular flexibility index (Phi) is 4.18. The van der Waals surface area contributed by atoms with E-state index in [0.29, 0.717) is 5.69 Å². The first-order valence-corrected chi connectivity index (χ1v) is 6.85. The number of hydrogen-bond acceptors (Lipinski definition) is 3. The van der Waals surface area contributed by atoms with Crippen LogP contribution in [0.25, 0.3) is 0 Å². The maximum Gasteiger partial charge on any atom is 0.354 e. The zero-order chi connectivity index (χ0) is 13.1. The molecule has 0 radical (unpaired) electrons. The molecule has 2 N–H and O–H groups in total. The minimum Gasteiger partial charge on any atom is -0.477 e. The van der Waals surface area contributed by atoms with Crippen molar-refractivity contribution >= 4 is 55.9 Å². The molecule has 2 rings (SSSR count). The summed E-state index contributed by atoms with van der Waals surface area (Å²) in [5.74, 6) is -1.04. The molecule has 4 nitrogen and oxygen atoms in total. The number of benzene rings is 1. The van der Waals surface area contributed by atoms with Gasteiger partial charge in [0.15, 0.2) is 0 Å². The van der Waals surface area contributed by atoms with Crippen LogP contribution < -0.4 is 5.32 Å². The molecule has 92 valence electrons. The molecule has 1 aromatic carbocycles. The SMILES string of the molecule is O=C(O)c1cc(Nc2ccc(Br)c(I)c2)ccn1. The molecule has 0 aliphatic carbocycles. The highest BCUT2D eigenvalue weighted by Crippen LogP contribution is 2.24. The number of carbonyl (C=O) groups is 1. The number of rotatable bonds is 3. The summed E-state index contributed by atoms with van der Waals surface area (Å²) >= 11 is 5.64. The van der Waals surface area contributed by atoms with E-state index in [9.17, 15) is 4.79 Å². The second kappa shape index (κ2) is 5.66. The lowest BCUT2D eigenvalue weighted by Crippen LogP contribution is -2.01. The Hall–Kier alpha value is -1.15. The van der Waals surface area contributed by atoms with Crippen LogP contribution in [-0.2, 0) is 0 Å². The Bertz CT molecular complexity index is 604. The van der Waals surface area contributed by atoms with Crippen molar-refractivity contribution in [3.8, 4) is 0 Å². The highest BCUT2D eigenvalue weighted by Gasteiger charge is 2.05. The molecule has 0 fully saturated rings. The zero-order valence-corrected chi connectivity index (χ0v) is 12.8. The highest BCUT2D eigenvalue weighted by atomic mass is 127. The molecule has 2 aromatic rings. The molecule has 0 aliphatic rings. The van der Waals surface area contributed by atoms with Gasteiger partial charge in [0.2, 0.25) is 0 Å². The van der Waals surface area contributed by atoms with Crippen LogP contribution in [0.5, 0.6) is 0 Å². The lowest BCUT2D eigenvalue weighted by atomic mass is 10.2. The third-order valence-corrected chi connectivity index (χ3v) is 4.51. The molecule has 0 saturated carbocycles. The quantitative estimate of drug-likeness (QED) is 0.742. The van der Waals surface area contributed by atoms with Gasteiger partial charge in [0.25, 0.3) is 0 Å². The summed E-state index contributed by atoms with van der Waals surface area (Å²) in [6.45, 7) is 0. The summed E-state index contributed by atoms with van der Waals surface area (Å²) in [5.41, 5.74) is 1.61. The Morgan fingerprint density at radius 2 is 2.00 bits per heavy atom. The third kappa shape index (κ3) is 3.20. The number of aromatic carboxylic acids is 1. The van der Waals surface area contributed by atoms with Crippen molar-refractivity contribution in [2.45, 2.75) is 0 Å². The summed E-state index contributed by atoms with van der Waals surface area (Å²) < 4.78 is 2.10. The Labute approximate surface area is 126 Å². The fourth-order valence-corrected chi connectivity index (χ4v) is 2.13. The normalized spacial score (nSPS) is 10.1. The van der Waals surface area contributed by atoms with E-state index in [1.54, 1.807) is 6.07 Å². The lowest BCUT2D eigenvalue weighted by Gasteiger charge is -2.08. The van der Waals surface area contributed by atoms with E-state index in [-0.39, 0.29) is 5.69 Å². The molecule has 0 atom stereocenters. The van der Waals surface area contributed by atoms with Gasteiger partial charge in [-0.05, 0) is 68.9 Å². The van der Waals surface area contributed by atoms with Crippen molar-refractivity contribution in [1.82, 2.24) is 4.98 Å². The molecular weight excluding hydrogens is 411 g/mol. The van der Waals surface area contributed by atoms with Crippen molar-refractivity contribution in [2.75, 3.05) is 5.32 Å². The van der Waals surface area contributed by atoms with Gasteiger partial charge in [-0.2, -0.15) is 0 Å². The molecule has 0 spiro atoms. The average Bonchev–Trinajstić information content (AvgIpc) is 2.34. The van der Waals surface area contributed by atoms with E-state index in [1.807, 2.05) is 18.2 Å². The van der Waals surface area contributed by atoms with Crippen molar-refractivity contribution in [2.24, 2.45) is 0 Å². The second-order valence-electron chi connectivity index (χ2n) is 3.49. The summed E-state index contributed by atoms with van der Waals surface area (Å²) in [5, 5.41) is 12.0. The smallest absolute Gasteiger partial charge is 0.354 e. The van der Waals surface area contributed by atoms with Crippen LogP contribution in [0.15, 0.2) is 41.0 Å². The maximum atomic E-state index is 10.8. The Balaban J connectivity index is 2.25. The third-order valence-electron chi connectivity index (χ3n) is 2.19. The van der Waals surface area contributed by atoms with Crippen molar-refractivity contribution in [3.63, 3.8) is 0 Å². The van der Waals surface area contributed by atoms with E-state index in [4.69, 9.17) is 5.11 Å². The summed E-state index contributed by atoms with van der Waals surface area (Å²) in [6.07, 6.45) is 1.47. The fourth-order valence-electron chi connectivity index (χ4n) is 1.37. The van der Waals surface area contributed by atoms with Gasteiger partial charge in [0.05, 0.1) is 0 Å². The number of carboxylic acids is 1. The first kappa shape index (κ1) is 13.3. The number of aromatic nitrogens is 1. The van der Waals surface area contributed by atoms with Gasteiger partial charge in [-0.1, -0.05) is 0 Å². The van der Waals surface area contributed by atoms with Gasteiger partial charge in [0.1, 0.15) is 5.69 Å². The van der Waals surface area contributed by atoms with Gasteiger partial charge in [0, 0.05) is 25.6 Å². The van der Waals surface area contributed by atoms with Gasteiger partial charge in [-0.3, -0.25) is 0 Å². The number of halogens is 2. The van der Waals surface area contributed by atoms with E-state index in [1.165, 1.54) is 12.3 Å². The van der Waals surface area contributed by atoms with Gasteiger partial charge < -0.3 is 10.4 Å². The number of carboxylic acid groups (broad SMARTS) is 1. The topological polar surface area (TPSA) is 62.2 Å². The molecule has 18 heavy (non-hydrogen) atoms. The average molecular weight is 419 g/mol. The van der Waals surface area contributed by atoms with Crippen LogP contribution in [0.1, 0.15) is 10.5 Å². The van der Waals surface area contributed by atoms with E-state index in [0.717, 1.165) is 13.7 Å². The predicted octanol–water partition coefficient (Wildman–Crippen LogP) is 3.89.